The fraction of sp³-hybridized carbons (Fsp3) is 0.750. The quantitative estimate of drug-likeness (QED) is 0.193. The SMILES string of the molecule is C[C@H](N)C(=O)N[C@@H]1[C@@H](O)[C@H](OC(N)=O)[C@@H](CO)O[C@H]1NC1=N[C@@H]2C(=O)NC[C@@H](O)[C@H]2N1. The van der Waals surface area contributed by atoms with Crippen molar-refractivity contribution in [3.63, 3.8) is 0 Å². The Balaban J connectivity index is 1.82. The van der Waals surface area contributed by atoms with E-state index in [2.05, 4.69) is 26.3 Å². The third-order valence-corrected chi connectivity index (χ3v) is 5.23. The average Bonchev–Trinajstić information content (AvgIpc) is 3.14. The van der Waals surface area contributed by atoms with Crippen molar-refractivity contribution in [2.45, 2.75) is 61.7 Å². The van der Waals surface area contributed by atoms with Crippen LogP contribution in [0, 0.1) is 0 Å². The second-order valence-corrected chi connectivity index (χ2v) is 7.54. The number of nitrogens with one attached hydrogen (secondary N) is 4. The molecule has 0 aromatic carbocycles. The van der Waals surface area contributed by atoms with Crippen LogP contribution in [-0.4, -0.2) is 107 Å². The van der Waals surface area contributed by atoms with Crippen LogP contribution in [0.2, 0.25) is 0 Å². The number of rotatable bonds is 5. The van der Waals surface area contributed by atoms with Crippen LogP contribution < -0.4 is 32.7 Å². The van der Waals surface area contributed by atoms with Gasteiger partial charge in [-0.25, -0.2) is 9.79 Å². The van der Waals surface area contributed by atoms with E-state index >= 15 is 0 Å². The topological polar surface area (TPSA) is 243 Å². The predicted octanol–water partition coefficient (Wildman–Crippen LogP) is -5.86. The Hall–Kier alpha value is -2.72. The number of piperidine rings is 1. The van der Waals surface area contributed by atoms with Crippen molar-refractivity contribution >= 4 is 23.9 Å². The van der Waals surface area contributed by atoms with Gasteiger partial charge in [0, 0.05) is 6.54 Å². The van der Waals surface area contributed by atoms with Gasteiger partial charge in [0.15, 0.2) is 24.3 Å². The zero-order chi connectivity index (χ0) is 22.9. The molecule has 2 saturated heterocycles. The monoisotopic (exact) mass is 445 g/mol. The van der Waals surface area contributed by atoms with Crippen molar-refractivity contribution in [2.75, 3.05) is 13.2 Å². The number of ether oxygens (including phenoxy) is 2. The van der Waals surface area contributed by atoms with E-state index < -0.39 is 73.4 Å². The summed E-state index contributed by atoms with van der Waals surface area (Å²) in [6.45, 7) is 0.836. The molecule has 31 heavy (non-hydrogen) atoms. The number of hydrogen-bond acceptors (Lipinski definition) is 12. The highest BCUT2D eigenvalue weighted by Crippen LogP contribution is 2.24. The van der Waals surface area contributed by atoms with Crippen molar-refractivity contribution < 1.29 is 39.2 Å². The lowest BCUT2D eigenvalue weighted by molar-refractivity contribution is -0.198. The molecular weight excluding hydrogens is 418 g/mol. The van der Waals surface area contributed by atoms with Crippen molar-refractivity contribution in [1.29, 1.82) is 0 Å². The fourth-order valence-electron chi connectivity index (χ4n) is 3.63. The Bertz CT molecular complexity index is 749. The summed E-state index contributed by atoms with van der Waals surface area (Å²) in [6.07, 6.45) is -7.41. The van der Waals surface area contributed by atoms with Crippen LogP contribution in [0.15, 0.2) is 4.99 Å². The molecule has 0 radical (unpaired) electrons. The molecule has 3 amide bonds. The summed E-state index contributed by atoms with van der Waals surface area (Å²) in [7, 11) is 0. The van der Waals surface area contributed by atoms with E-state index in [-0.39, 0.29) is 18.4 Å². The Labute approximate surface area is 176 Å². The molecule has 11 N–H and O–H groups in total. The molecule has 0 aromatic rings. The molecule has 0 bridgehead atoms. The van der Waals surface area contributed by atoms with E-state index in [9.17, 15) is 29.7 Å². The summed E-state index contributed by atoms with van der Waals surface area (Å²) in [4.78, 5) is 39.6. The molecule has 0 spiro atoms. The van der Waals surface area contributed by atoms with Gasteiger partial charge in [-0.2, -0.15) is 0 Å². The molecule has 3 aliphatic heterocycles. The lowest BCUT2D eigenvalue weighted by Gasteiger charge is -2.44. The summed E-state index contributed by atoms with van der Waals surface area (Å²) >= 11 is 0. The molecule has 15 heteroatoms. The standard InChI is InChI=1S/C16H27N7O8/c1-4(17)12(27)20-9-10(26)11(31-15(18)29)6(3-24)30-14(9)23-16-21-7-5(25)2-19-13(28)8(7)22-16/h4-11,14,24-26H,2-3,17H2,1H3,(H2,18,29)(H,19,28)(H,20,27)(H2,21,22,23)/t4-,5+,6+,7+,8-,9+,10+,11+,14+/m0/s1. The number of amides is 3. The van der Waals surface area contributed by atoms with Gasteiger partial charge < -0.3 is 57.5 Å². The number of aliphatic hydroxyl groups is 3. The van der Waals surface area contributed by atoms with Crippen molar-refractivity contribution in [3.05, 3.63) is 0 Å². The third-order valence-electron chi connectivity index (χ3n) is 5.23. The van der Waals surface area contributed by atoms with Gasteiger partial charge in [0.25, 0.3) is 0 Å². The number of hydrogen-bond donors (Lipinski definition) is 9. The first-order valence-electron chi connectivity index (χ1n) is 9.65. The van der Waals surface area contributed by atoms with Crippen LogP contribution in [0.1, 0.15) is 6.92 Å². The molecule has 3 rings (SSSR count). The number of carbonyl (C=O) groups excluding carboxylic acids is 3. The first kappa shape index (κ1) is 23.0. The molecule has 0 aliphatic carbocycles. The summed E-state index contributed by atoms with van der Waals surface area (Å²) in [5.74, 6) is -0.951. The summed E-state index contributed by atoms with van der Waals surface area (Å²) < 4.78 is 10.6. The van der Waals surface area contributed by atoms with Crippen molar-refractivity contribution in [2.24, 2.45) is 16.5 Å². The van der Waals surface area contributed by atoms with E-state index in [4.69, 9.17) is 20.9 Å². The normalized spacial score (nSPS) is 38.1. The minimum atomic E-state index is -1.54. The third kappa shape index (κ3) is 4.80. The number of primary amides is 1. The smallest absolute Gasteiger partial charge is 0.404 e. The first-order valence-corrected chi connectivity index (χ1v) is 9.65. The van der Waals surface area contributed by atoms with Crippen LogP contribution >= 0.6 is 0 Å². The van der Waals surface area contributed by atoms with Gasteiger partial charge >= 0.3 is 6.09 Å². The number of nitrogens with zero attached hydrogens (tertiary/aromatic N) is 1. The van der Waals surface area contributed by atoms with Crippen LogP contribution in [0.25, 0.3) is 0 Å². The molecule has 3 aliphatic rings. The van der Waals surface area contributed by atoms with Crippen molar-refractivity contribution in [3.8, 4) is 0 Å². The van der Waals surface area contributed by atoms with Gasteiger partial charge in [0.05, 0.1) is 24.8 Å². The summed E-state index contributed by atoms with van der Waals surface area (Å²) in [5, 5.41) is 41.2. The molecular formula is C16H27N7O8. The van der Waals surface area contributed by atoms with E-state index in [0.29, 0.717) is 0 Å². The Kier molecular flexibility index (Phi) is 6.80. The zero-order valence-corrected chi connectivity index (χ0v) is 16.6. The molecule has 174 valence electrons. The number of aliphatic imine (C=N–C) groups is 1. The highest BCUT2D eigenvalue weighted by atomic mass is 16.6. The Morgan fingerprint density at radius 3 is 2.71 bits per heavy atom. The van der Waals surface area contributed by atoms with Crippen LogP contribution in [0.5, 0.6) is 0 Å². The average molecular weight is 445 g/mol. The highest BCUT2D eigenvalue weighted by molar-refractivity contribution is 5.92. The summed E-state index contributed by atoms with van der Waals surface area (Å²) in [6, 6.07) is -3.71. The Morgan fingerprint density at radius 2 is 2.13 bits per heavy atom. The lowest BCUT2D eigenvalue weighted by Crippen LogP contribution is -2.70. The van der Waals surface area contributed by atoms with Gasteiger partial charge in [0.2, 0.25) is 11.8 Å². The minimum absolute atomic E-state index is 0.0558. The van der Waals surface area contributed by atoms with Gasteiger partial charge in [-0.3, -0.25) is 9.59 Å². The maximum Gasteiger partial charge on any atom is 0.404 e. The number of guanidine groups is 1. The van der Waals surface area contributed by atoms with E-state index in [1.165, 1.54) is 6.92 Å². The number of fused-ring (bicyclic) bond motifs is 1. The zero-order valence-electron chi connectivity index (χ0n) is 16.6. The number of carbonyl (C=O) groups is 3. The van der Waals surface area contributed by atoms with E-state index in [1.54, 1.807) is 0 Å². The van der Waals surface area contributed by atoms with E-state index in [1.807, 2.05) is 0 Å². The second-order valence-electron chi connectivity index (χ2n) is 7.54. The number of aliphatic hydroxyl groups excluding tert-OH is 3. The van der Waals surface area contributed by atoms with Gasteiger partial charge in [-0.05, 0) is 6.92 Å². The molecule has 15 nitrogen and oxygen atoms in total. The van der Waals surface area contributed by atoms with E-state index in [0.717, 1.165) is 0 Å². The van der Waals surface area contributed by atoms with Crippen LogP contribution in [-0.2, 0) is 19.1 Å². The largest absolute Gasteiger partial charge is 0.441 e. The fourth-order valence-corrected chi connectivity index (χ4v) is 3.63. The predicted molar refractivity (Wildman–Crippen MR) is 102 cm³/mol. The number of nitrogens with two attached hydrogens (primary N) is 2. The Morgan fingerprint density at radius 1 is 1.42 bits per heavy atom. The molecule has 0 aromatic heterocycles. The molecule has 0 saturated carbocycles. The van der Waals surface area contributed by atoms with Gasteiger partial charge in [-0.1, -0.05) is 0 Å². The van der Waals surface area contributed by atoms with Gasteiger partial charge in [0.1, 0.15) is 18.2 Å². The maximum atomic E-state index is 12.2. The number of β-amino-alcohol motifs (C(OH)–C–C–N with tert-alkyl or cyclic N) is 1. The van der Waals surface area contributed by atoms with Crippen LogP contribution in [0.3, 0.4) is 0 Å². The second kappa shape index (κ2) is 9.19. The molecule has 0 unspecified atom stereocenters. The lowest BCUT2D eigenvalue weighted by atomic mass is 9.95. The van der Waals surface area contributed by atoms with Crippen molar-refractivity contribution in [1.82, 2.24) is 21.3 Å². The maximum absolute atomic E-state index is 12.2. The highest BCUT2D eigenvalue weighted by Gasteiger charge is 2.49. The first-order chi connectivity index (χ1) is 14.6. The molecule has 9 atom stereocenters. The van der Waals surface area contributed by atoms with Crippen LogP contribution in [0.4, 0.5) is 4.79 Å². The summed E-state index contributed by atoms with van der Waals surface area (Å²) in [5.41, 5.74) is 10.6. The molecule has 3 heterocycles. The molecule has 2 fully saturated rings. The van der Waals surface area contributed by atoms with Gasteiger partial charge in [-0.15, -0.1) is 0 Å². The minimum Gasteiger partial charge on any atom is -0.441 e.